The minimum absolute atomic E-state index is 0.591. The first-order valence-corrected chi connectivity index (χ1v) is 10.2. The van der Waals surface area contributed by atoms with E-state index in [4.69, 9.17) is 0 Å². The molecule has 0 N–H and O–H groups in total. The summed E-state index contributed by atoms with van der Waals surface area (Å²) in [6.07, 6.45) is 3.35. The van der Waals surface area contributed by atoms with E-state index in [-0.39, 0.29) is 0 Å². The van der Waals surface area contributed by atoms with Crippen LogP contribution in [-0.4, -0.2) is 0 Å². The third-order valence-electron chi connectivity index (χ3n) is 5.93. The average Bonchev–Trinajstić information content (AvgIpc) is 2.74. The summed E-state index contributed by atoms with van der Waals surface area (Å²) >= 11 is 0. The lowest BCUT2D eigenvalue weighted by Crippen LogP contribution is -2.30. The Labute approximate surface area is 168 Å². The third kappa shape index (κ3) is 3.33. The van der Waals surface area contributed by atoms with Gasteiger partial charge in [0.2, 0.25) is 5.69 Å². The van der Waals surface area contributed by atoms with Gasteiger partial charge in [-0.2, -0.15) is 0 Å². The summed E-state index contributed by atoms with van der Waals surface area (Å²) in [6, 6.07) is 26.6. The number of aromatic nitrogens is 1. The van der Waals surface area contributed by atoms with Gasteiger partial charge < -0.3 is 0 Å². The normalized spacial score (nSPS) is 12.3. The monoisotopic (exact) mass is 366 g/mol. The Kier molecular flexibility index (Phi) is 5.00. The highest BCUT2D eigenvalue weighted by molar-refractivity contribution is 5.94. The topological polar surface area (TPSA) is 3.88 Å². The molecule has 1 heterocycles. The van der Waals surface area contributed by atoms with Gasteiger partial charge in [0.25, 0.3) is 0 Å². The molecule has 0 saturated heterocycles. The number of benzene rings is 3. The van der Waals surface area contributed by atoms with E-state index >= 15 is 0 Å². The second kappa shape index (κ2) is 7.59. The van der Waals surface area contributed by atoms with Crippen molar-refractivity contribution in [1.82, 2.24) is 0 Å². The lowest BCUT2D eigenvalue weighted by molar-refractivity contribution is -0.659. The van der Waals surface area contributed by atoms with Crippen LogP contribution in [0.4, 0.5) is 0 Å². The number of aryl methyl sites for hydroxylation is 2. The fraction of sp³-hybridized carbons (Fsp3) is 0.222. The van der Waals surface area contributed by atoms with Crippen LogP contribution in [0.1, 0.15) is 37.3 Å². The van der Waals surface area contributed by atoms with E-state index in [9.17, 15) is 0 Å². The molecule has 1 nitrogen and oxygen atoms in total. The zero-order chi connectivity index (χ0) is 19.7. The molecule has 0 fully saturated rings. The van der Waals surface area contributed by atoms with Gasteiger partial charge in [0, 0.05) is 11.6 Å². The summed E-state index contributed by atoms with van der Waals surface area (Å²) in [5.74, 6) is 0.591. The van der Waals surface area contributed by atoms with Gasteiger partial charge >= 0.3 is 0 Å². The van der Waals surface area contributed by atoms with Gasteiger partial charge in [-0.05, 0) is 59.0 Å². The predicted octanol–water partition coefficient (Wildman–Crippen LogP) is 6.82. The molecule has 0 amide bonds. The quantitative estimate of drug-likeness (QED) is 0.349. The molecule has 0 saturated carbocycles. The fourth-order valence-corrected chi connectivity index (χ4v) is 4.01. The van der Waals surface area contributed by atoms with Crippen molar-refractivity contribution in [2.24, 2.45) is 7.05 Å². The highest BCUT2D eigenvalue weighted by Crippen LogP contribution is 2.32. The van der Waals surface area contributed by atoms with Crippen LogP contribution in [0.25, 0.3) is 33.2 Å². The Balaban J connectivity index is 1.85. The fourth-order valence-electron chi connectivity index (χ4n) is 4.01. The maximum atomic E-state index is 2.36. The molecule has 1 heteroatoms. The molecule has 1 aromatic heterocycles. The van der Waals surface area contributed by atoms with Crippen LogP contribution in [0.2, 0.25) is 0 Å². The molecule has 0 spiro atoms. The number of rotatable bonds is 4. The number of nitrogens with zero attached hydrogens (tertiary/aromatic N) is 1. The van der Waals surface area contributed by atoms with Crippen LogP contribution < -0.4 is 4.57 Å². The van der Waals surface area contributed by atoms with E-state index < -0.39 is 0 Å². The van der Waals surface area contributed by atoms with Crippen LogP contribution in [0.15, 0.2) is 79.0 Å². The maximum absolute atomic E-state index is 2.36. The van der Waals surface area contributed by atoms with E-state index in [1.54, 1.807) is 0 Å². The number of fused-ring (bicyclic) bond motifs is 1. The van der Waals surface area contributed by atoms with Gasteiger partial charge in [0.1, 0.15) is 7.05 Å². The molecule has 4 rings (SSSR count). The summed E-state index contributed by atoms with van der Waals surface area (Å²) in [4.78, 5) is 0. The SMILES string of the molecule is CCC(C)c1ccc2c(-c3ccc(-c4ccccc4)cc3C)[n+](C)ccc2c1. The minimum atomic E-state index is 0.591. The zero-order valence-electron chi connectivity index (χ0n) is 17.2. The van der Waals surface area contributed by atoms with E-state index in [0.717, 1.165) is 0 Å². The Morgan fingerprint density at radius 3 is 2.36 bits per heavy atom. The Morgan fingerprint density at radius 2 is 1.64 bits per heavy atom. The van der Waals surface area contributed by atoms with Crippen molar-refractivity contribution in [2.45, 2.75) is 33.1 Å². The van der Waals surface area contributed by atoms with Crippen LogP contribution in [-0.2, 0) is 7.05 Å². The van der Waals surface area contributed by atoms with Crippen LogP contribution >= 0.6 is 0 Å². The molecule has 28 heavy (non-hydrogen) atoms. The van der Waals surface area contributed by atoms with Gasteiger partial charge in [-0.25, -0.2) is 4.57 Å². The summed E-state index contributed by atoms with van der Waals surface area (Å²) in [7, 11) is 2.14. The molecule has 0 aliphatic carbocycles. The first-order valence-electron chi connectivity index (χ1n) is 10.2. The van der Waals surface area contributed by atoms with Gasteiger partial charge in [0.05, 0.1) is 5.39 Å². The Morgan fingerprint density at radius 1 is 0.857 bits per heavy atom. The van der Waals surface area contributed by atoms with Crippen LogP contribution in [0.5, 0.6) is 0 Å². The second-order valence-corrected chi connectivity index (χ2v) is 7.83. The van der Waals surface area contributed by atoms with Crippen molar-refractivity contribution >= 4 is 10.8 Å². The number of hydrogen-bond donors (Lipinski definition) is 0. The predicted molar refractivity (Wildman–Crippen MR) is 119 cm³/mol. The Bertz CT molecular complexity index is 1130. The first-order chi connectivity index (χ1) is 13.6. The maximum Gasteiger partial charge on any atom is 0.220 e. The molecular weight excluding hydrogens is 338 g/mol. The van der Waals surface area contributed by atoms with Crippen molar-refractivity contribution in [2.75, 3.05) is 0 Å². The summed E-state index contributed by atoms with van der Waals surface area (Å²) in [5.41, 5.74) is 7.83. The van der Waals surface area contributed by atoms with Crippen molar-refractivity contribution in [3.05, 3.63) is 90.1 Å². The Hall–Kier alpha value is -2.93. The largest absolute Gasteiger partial charge is 0.220 e. The van der Waals surface area contributed by atoms with E-state index in [2.05, 4.69) is 111 Å². The highest BCUT2D eigenvalue weighted by Gasteiger charge is 2.18. The van der Waals surface area contributed by atoms with E-state index in [1.807, 2.05) is 0 Å². The van der Waals surface area contributed by atoms with Gasteiger partial charge in [-0.15, -0.1) is 0 Å². The van der Waals surface area contributed by atoms with Crippen LogP contribution in [0, 0.1) is 6.92 Å². The summed E-state index contributed by atoms with van der Waals surface area (Å²) in [5, 5.41) is 2.63. The third-order valence-corrected chi connectivity index (χ3v) is 5.93. The number of hydrogen-bond acceptors (Lipinski definition) is 0. The minimum Gasteiger partial charge on any atom is -0.200 e. The molecule has 1 atom stereocenters. The molecule has 1 unspecified atom stereocenters. The smallest absolute Gasteiger partial charge is 0.200 e. The standard InChI is InChI=1S/C27H28N/c1-5-19(2)22-11-14-26-24(18-22)15-16-28(4)27(26)25-13-12-23(17-20(25)3)21-9-7-6-8-10-21/h6-19H,5H2,1-4H3/q+1. The average molecular weight is 367 g/mol. The summed E-state index contributed by atoms with van der Waals surface area (Å²) in [6.45, 7) is 6.77. The van der Waals surface area contributed by atoms with Crippen molar-refractivity contribution in [1.29, 1.82) is 0 Å². The van der Waals surface area contributed by atoms with Crippen molar-refractivity contribution < 1.29 is 4.57 Å². The van der Waals surface area contributed by atoms with E-state index in [0.29, 0.717) is 5.92 Å². The van der Waals surface area contributed by atoms with Gasteiger partial charge in [-0.3, -0.25) is 0 Å². The lowest BCUT2D eigenvalue weighted by Gasteiger charge is -2.13. The molecule has 0 radical (unpaired) electrons. The number of pyridine rings is 1. The van der Waals surface area contributed by atoms with Gasteiger partial charge in [-0.1, -0.05) is 68.4 Å². The van der Waals surface area contributed by atoms with E-state index in [1.165, 1.54) is 50.7 Å². The zero-order valence-corrected chi connectivity index (χ0v) is 17.2. The summed E-state index contributed by atoms with van der Waals surface area (Å²) < 4.78 is 2.25. The highest BCUT2D eigenvalue weighted by atomic mass is 14.9. The van der Waals surface area contributed by atoms with Crippen molar-refractivity contribution in [3.8, 4) is 22.4 Å². The van der Waals surface area contributed by atoms with Crippen molar-refractivity contribution in [3.63, 3.8) is 0 Å². The molecule has 0 aliphatic heterocycles. The molecule has 140 valence electrons. The second-order valence-electron chi connectivity index (χ2n) is 7.83. The molecule has 3 aromatic carbocycles. The first kappa shape index (κ1) is 18.4. The molecule has 0 aliphatic rings. The molecule has 4 aromatic rings. The molecular formula is C27H28N+. The van der Waals surface area contributed by atoms with Crippen LogP contribution in [0.3, 0.4) is 0 Å². The lowest BCUT2D eigenvalue weighted by atomic mass is 9.92. The van der Waals surface area contributed by atoms with Gasteiger partial charge in [0.15, 0.2) is 6.20 Å². The molecule has 0 bridgehead atoms.